The van der Waals surface area contributed by atoms with Crippen molar-refractivity contribution in [3.8, 4) is 0 Å². The van der Waals surface area contributed by atoms with Crippen molar-refractivity contribution in [2.24, 2.45) is 0 Å². The number of fused-ring (bicyclic) bond motifs is 4. The number of aryl methyl sites for hydroxylation is 1. The molecule has 0 unspecified atom stereocenters. The second-order valence-electron chi connectivity index (χ2n) is 5.21. The predicted octanol–water partition coefficient (Wildman–Crippen LogP) is 1.69. The molecule has 0 amide bonds. The Morgan fingerprint density at radius 2 is 2.00 bits per heavy atom. The average Bonchev–Trinajstić information content (AvgIpc) is 2.73. The zero-order valence-electron chi connectivity index (χ0n) is 11.8. The third-order valence-corrected chi connectivity index (χ3v) is 4.05. The third kappa shape index (κ3) is 1.57. The summed E-state index contributed by atoms with van der Waals surface area (Å²) in [5, 5.41) is 0.609. The molecule has 22 heavy (non-hydrogen) atoms. The number of nitrogens with zero attached hydrogens (tertiary/aromatic N) is 4. The summed E-state index contributed by atoms with van der Waals surface area (Å²) in [7, 11) is 1.84. The second-order valence-corrected chi connectivity index (χ2v) is 5.55. The first kappa shape index (κ1) is 13.3. The summed E-state index contributed by atoms with van der Waals surface area (Å²) in [5.74, 6) is -0.620. The molecule has 4 aromatic rings. The molecule has 0 radical (unpaired) electrons. The Hall–Kier alpha value is -2.41. The van der Waals surface area contributed by atoms with Gasteiger partial charge in [-0.15, -0.1) is 0 Å². The van der Waals surface area contributed by atoms with Gasteiger partial charge in [0.15, 0.2) is 5.65 Å². The average molecular weight is 315 g/mol. The molecule has 3 heterocycles. The van der Waals surface area contributed by atoms with Crippen LogP contribution in [0.2, 0.25) is 5.28 Å². The number of hydrogen-bond acceptors (Lipinski definition) is 3. The minimum absolute atomic E-state index is 0.0358. The molecule has 0 atom stereocenters. The molecular weight excluding hydrogens is 305 g/mol. The molecule has 8 heteroatoms. The van der Waals surface area contributed by atoms with Crippen molar-refractivity contribution >= 4 is 47.2 Å². The fourth-order valence-corrected chi connectivity index (χ4v) is 3.08. The lowest BCUT2D eigenvalue weighted by molar-refractivity contribution is 0.638. The van der Waals surface area contributed by atoms with Gasteiger partial charge < -0.3 is 4.48 Å². The highest BCUT2D eigenvalue weighted by Gasteiger charge is 2.18. The van der Waals surface area contributed by atoms with E-state index in [4.69, 9.17) is 11.6 Å². The molecule has 3 aromatic heterocycles. The molecule has 0 aliphatic carbocycles. The number of aromatic nitrogens is 4. The van der Waals surface area contributed by atoms with E-state index < -0.39 is 11.4 Å². The van der Waals surface area contributed by atoms with Crippen LogP contribution in [-0.4, -0.2) is 26.8 Å². The first-order chi connectivity index (χ1) is 10.5. The van der Waals surface area contributed by atoms with E-state index in [1.54, 1.807) is 6.07 Å². The number of rotatable bonds is 0. The van der Waals surface area contributed by atoms with Gasteiger partial charge in [-0.05, 0) is 42.4 Å². The van der Waals surface area contributed by atoms with E-state index in [0.29, 0.717) is 16.8 Å². The lowest BCUT2D eigenvalue weighted by atomic mass is 10.2. The van der Waals surface area contributed by atoms with Crippen molar-refractivity contribution in [1.29, 1.82) is 0 Å². The zero-order valence-corrected chi connectivity index (χ0v) is 12.5. The molecule has 1 aromatic carbocycles. The van der Waals surface area contributed by atoms with Crippen molar-refractivity contribution < 1.29 is 4.39 Å². The van der Waals surface area contributed by atoms with E-state index in [1.165, 1.54) is 12.1 Å². The SMILES string of the molecule is Bn1cc(C)c2c1nc(Cl)n1c(=O)c3c(F)cccc3nc21. The topological polar surface area (TPSA) is 52.2 Å². The summed E-state index contributed by atoms with van der Waals surface area (Å²) < 4.78 is 17.0. The molecule has 0 fully saturated rings. The molecular formula is C14H9BClFN4O. The maximum atomic E-state index is 14.0. The molecule has 0 aliphatic rings. The quantitative estimate of drug-likeness (QED) is 0.282. The Bertz CT molecular complexity index is 1150. The van der Waals surface area contributed by atoms with Crippen LogP contribution in [0.5, 0.6) is 0 Å². The van der Waals surface area contributed by atoms with Gasteiger partial charge in [0, 0.05) is 0 Å². The smallest absolute Gasteiger partial charge is 0.271 e. The summed E-state index contributed by atoms with van der Waals surface area (Å²) in [4.78, 5) is 21.3. The van der Waals surface area contributed by atoms with E-state index in [-0.39, 0.29) is 10.7 Å². The fraction of sp³-hybridized carbons (Fsp3) is 0.0714. The first-order valence-corrected chi connectivity index (χ1v) is 6.99. The highest BCUT2D eigenvalue weighted by atomic mass is 35.5. The van der Waals surface area contributed by atoms with Crippen molar-refractivity contribution in [3.05, 3.63) is 51.4 Å². The highest BCUT2D eigenvalue weighted by Crippen LogP contribution is 2.25. The minimum atomic E-state index is -0.620. The summed E-state index contributed by atoms with van der Waals surface area (Å²) in [6, 6.07) is 4.36. The maximum Gasteiger partial charge on any atom is 0.271 e. The van der Waals surface area contributed by atoms with Crippen LogP contribution in [0.1, 0.15) is 5.56 Å². The van der Waals surface area contributed by atoms with Gasteiger partial charge >= 0.3 is 0 Å². The van der Waals surface area contributed by atoms with Crippen LogP contribution in [0, 0.1) is 12.7 Å². The molecule has 5 nitrogen and oxygen atoms in total. The minimum Gasteiger partial charge on any atom is -0.384 e. The summed E-state index contributed by atoms with van der Waals surface area (Å²) in [6.07, 6.45) is 1.88. The monoisotopic (exact) mass is 314 g/mol. The Morgan fingerprint density at radius 1 is 1.23 bits per heavy atom. The Kier molecular flexibility index (Phi) is 2.59. The van der Waals surface area contributed by atoms with Gasteiger partial charge in [-0.3, -0.25) is 4.79 Å². The van der Waals surface area contributed by atoms with Gasteiger partial charge in [0.25, 0.3) is 5.56 Å². The van der Waals surface area contributed by atoms with Crippen molar-refractivity contribution in [1.82, 2.24) is 18.8 Å². The van der Waals surface area contributed by atoms with Gasteiger partial charge in [-0.2, -0.15) is 0 Å². The van der Waals surface area contributed by atoms with E-state index in [1.807, 2.05) is 25.6 Å². The van der Waals surface area contributed by atoms with Crippen molar-refractivity contribution in [2.75, 3.05) is 0 Å². The van der Waals surface area contributed by atoms with Gasteiger partial charge in [0.05, 0.1) is 10.9 Å². The summed E-state index contributed by atoms with van der Waals surface area (Å²) >= 11 is 6.15. The normalized spacial score (nSPS) is 11.8. The van der Waals surface area contributed by atoms with E-state index in [0.717, 1.165) is 15.4 Å². The van der Waals surface area contributed by atoms with Gasteiger partial charge in [0.1, 0.15) is 16.9 Å². The lowest BCUT2D eigenvalue weighted by Crippen LogP contribution is -2.18. The Morgan fingerprint density at radius 3 is 2.77 bits per heavy atom. The van der Waals surface area contributed by atoms with Crippen LogP contribution >= 0.6 is 11.6 Å². The van der Waals surface area contributed by atoms with Crippen LogP contribution in [-0.2, 0) is 0 Å². The predicted molar refractivity (Wildman–Crippen MR) is 85.9 cm³/mol. The van der Waals surface area contributed by atoms with E-state index in [2.05, 4.69) is 9.97 Å². The molecule has 0 N–H and O–H groups in total. The zero-order chi connectivity index (χ0) is 15.6. The van der Waals surface area contributed by atoms with Crippen LogP contribution in [0.25, 0.3) is 27.6 Å². The molecule has 0 saturated heterocycles. The Balaban J connectivity index is 2.41. The third-order valence-electron chi connectivity index (χ3n) is 3.79. The van der Waals surface area contributed by atoms with Gasteiger partial charge in [-0.1, -0.05) is 6.07 Å². The van der Waals surface area contributed by atoms with Crippen LogP contribution in [0.3, 0.4) is 0 Å². The fourth-order valence-electron chi connectivity index (χ4n) is 2.85. The standard InChI is InChI=1S/C14H9BClFN4O/c1-6-5-20(15)11-9(6)12-18-8-4-2-3-7(17)10(8)13(22)21(12)14(16)19-11/h2-5H,15H2,1H3. The lowest BCUT2D eigenvalue weighted by Gasteiger charge is -2.07. The van der Waals surface area contributed by atoms with Crippen molar-refractivity contribution in [3.63, 3.8) is 0 Å². The molecule has 0 aliphatic heterocycles. The van der Waals surface area contributed by atoms with Gasteiger partial charge in [0.2, 0.25) is 13.3 Å². The van der Waals surface area contributed by atoms with Crippen LogP contribution < -0.4 is 5.56 Å². The van der Waals surface area contributed by atoms with Crippen LogP contribution in [0.15, 0.2) is 29.2 Å². The largest absolute Gasteiger partial charge is 0.384 e. The van der Waals surface area contributed by atoms with Crippen molar-refractivity contribution in [2.45, 2.75) is 6.92 Å². The number of benzene rings is 1. The summed E-state index contributed by atoms with van der Waals surface area (Å²) in [5.41, 5.74) is 1.68. The Labute approximate surface area is 129 Å². The highest BCUT2D eigenvalue weighted by molar-refractivity contribution is 6.29. The van der Waals surface area contributed by atoms with E-state index in [9.17, 15) is 9.18 Å². The first-order valence-electron chi connectivity index (χ1n) is 6.61. The molecule has 0 spiro atoms. The van der Waals surface area contributed by atoms with Gasteiger partial charge in [-0.25, -0.2) is 18.8 Å². The molecule has 0 bridgehead atoms. The summed E-state index contributed by atoms with van der Waals surface area (Å²) in [6.45, 7) is 1.90. The van der Waals surface area contributed by atoms with E-state index >= 15 is 0 Å². The maximum absolute atomic E-state index is 14.0. The second kappa shape index (κ2) is 4.30. The van der Waals surface area contributed by atoms with Crippen LogP contribution in [0.4, 0.5) is 4.39 Å². The molecule has 108 valence electrons. The number of hydrogen-bond donors (Lipinski definition) is 0. The molecule has 0 saturated carbocycles. The molecule has 4 rings (SSSR count). The number of halogens is 2.